The largest absolute Gasteiger partial charge is 0.616 e. The van der Waals surface area contributed by atoms with Crippen LogP contribution < -0.4 is 10.1 Å². The Balaban J connectivity index is 2.00. The number of anilines is 1. The smallest absolute Gasteiger partial charge is 0.336 e. The molecular formula is C30H35N2O5SSi+. The minimum atomic E-state index is -2.53. The van der Waals surface area contributed by atoms with Crippen LogP contribution >= 0.6 is 0 Å². The highest BCUT2D eigenvalue weighted by Gasteiger charge is 2.45. The van der Waals surface area contributed by atoms with Gasteiger partial charge in [0, 0.05) is 31.9 Å². The fraction of sp³-hybridized carbons (Fsp3) is 0.300. The van der Waals surface area contributed by atoms with Crippen LogP contribution in [0.3, 0.4) is 0 Å². The molecule has 1 aliphatic carbocycles. The van der Waals surface area contributed by atoms with Crippen LogP contribution in [0.15, 0.2) is 71.5 Å². The number of carbonyl (C=O) groups is 2. The van der Waals surface area contributed by atoms with Crippen LogP contribution in [0, 0.1) is 0 Å². The summed E-state index contributed by atoms with van der Waals surface area (Å²) in [5.74, 6) is -1.37. The first-order valence-corrected chi connectivity index (χ1v) is 17.0. The summed E-state index contributed by atoms with van der Waals surface area (Å²) in [6.07, 6.45) is 6.24. The van der Waals surface area contributed by atoms with Crippen molar-refractivity contribution in [2.24, 2.45) is 0 Å². The van der Waals surface area contributed by atoms with Crippen molar-refractivity contribution >= 4 is 53.3 Å². The predicted molar refractivity (Wildman–Crippen MR) is 161 cm³/mol. The normalized spacial score (nSPS) is 18.7. The van der Waals surface area contributed by atoms with E-state index >= 15 is 0 Å². The second-order valence-corrected chi connectivity index (χ2v) is 16.5. The number of carboxylic acid groups (broad SMARTS) is 2. The average Bonchev–Trinajstić information content (AvgIpc) is 2.90. The van der Waals surface area contributed by atoms with E-state index in [9.17, 15) is 19.2 Å². The number of benzene rings is 2. The van der Waals surface area contributed by atoms with E-state index < -0.39 is 31.2 Å². The van der Waals surface area contributed by atoms with Crippen molar-refractivity contribution in [3.05, 3.63) is 88.2 Å². The first kappa shape index (κ1) is 28.6. The lowest BCUT2D eigenvalue weighted by molar-refractivity contribution is -0.462. The number of aliphatic carboxylic acids is 1. The fourth-order valence-electron chi connectivity index (χ4n) is 5.33. The second kappa shape index (κ2) is 11.4. The molecule has 2 N–H and O–H groups in total. The minimum Gasteiger partial charge on any atom is -0.616 e. The van der Waals surface area contributed by atoms with Crippen LogP contribution in [0.1, 0.15) is 27.9 Å². The molecule has 1 heterocycles. The molecule has 0 radical (unpaired) electrons. The van der Waals surface area contributed by atoms with Crippen molar-refractivity contribution in [2.45, 2.75) is 19.0 Å². The van der Waals surface area contributed by atoms with Gasteiger partial charge in [0.15, 0.2) is 5.71 Å². The Labute approximate surface area is 233 Å². The number of nitrogens with zero attached hydrogens (tertiary/aromatic N) is 2. The quantitative estimate of drug-likeness (QED) is 0.275. The van der Waals surface area contributed by atoms with E-state index in [1.165, 1.54) is 10.4 Å². The maximum atomic E-state index is 12.9. The van der Waals surface area contributed by atoms with Gasteiger partial charge in [-0.15, -0.1) is 0 Å². The molecule has 0 bridgehead atoms. The maximum absolute atomic E-state index is 12.9. The molecule has 1 aliphatic heterocycles. The summed E-state index contributed by atoms with van der Waals surface area (Å²) in [5.41, 5.74) is 5.90. The minimum absolute atomic E-state index is 0.114. The molecule has 4 rings (SSSR count). The van der Waals surface area contributed by atoms with Gasteiger partial charge in [-0.3, -0.25) is 4.79 Å². The van der Waals surface area contributed by atoms with Crippen molar-refractivity contribution in [3.63, 3.8) is 0 Å². The summed E-state index contributed by atoms with van der Waals surface area (Å²) < 4.78 is 14.9. The van der Waals surface area contributed by atoms with Crippen LogP contribution in [0.4, 0.5) is 5.69 Å². The first-order chi connectivity index (χ1) is 18.4. The van der Waals surface area contributed by atoms with Crippen molar-refractivity contribution < 1.29 is 28.9 Å². The summed E-state index contributed by atoms with van der Waals surface area (Å²) in [6, 6.07) is 14.2. The van der Waals surface area contributed by atoms with Gasteiger partial charge < -0.3 is 19.7 Å². The topological polar surface area (TPSA) is 104 Å². The monoisotopic (exact) mass is 563 g/mol. The molecule has 2 unspecified atom stereocenters. The van der Waals surface area contributed by atoms with Gasteiger partial charge in [-0.2, -0.15) is 0 Å². The SMILES string of the molecule is CN(C)c1ccc2c(c1)[Si](C)(CC[S+]([O-])CCC(=O)O)C1=CC(=[N+](C)C)C=CC1=C2c1ccccc1C(=O)O. The summed E-state index contributed by atoms with van der Waals surface area (Å²) in [5, 5.41) is 21.5. The summed E-state index contributed by atoms with van der Waals surface area (Å²) in [4.78, 5) is 25.4. The van der Waals surface area contributed by atoms with Crippen LogP contribution in [0.25, 0.3) is 5.57 Å². The molecule has 0 aromatic heterocycles. The van der Waals surface area contributed by atoms with Crippen molar-refractivity contribution in [3.8, 4) is 0 Å². The zero-order chi connectivity index (χ0) is 28.5. The van der Waals surface area contributed by atoms with E-state index in [0.717, 1.165) is 28.1 Å². The third-order valence-electron chi connectivity index (χ3n) is 7.57. The zero-order valence-electron chi connectivity index (χ0n) is 23.0. The molecule has 9 heteroatoms. The molecule has 0 spiro atoms. The van der Waals surface area contributed by atoms with E-state index in [1.54, 1.807) is 12.1 Å². The lowest BCUT2D eigenvalue weighted by Gasteiger charge is -2.40. The van der Waals surface area contributed by atoms with Gasteiger partial charge in [-0.05, 0) is 63.0 Å². The molecule has 2 aromatic rings. The Hall–Kier alpha value is -3.40. The molecular weight excluding hydrogens is 528 g/mol. The van der Waals surface area contributed by atoms with Crippen molar-refractivity contribution in [1.29, 1.82) is 0 Å². The number of fused-ring (bicyclic) bond motifs is 2. The predicted octanol–water partition coefficient (Wildman–Crippen LogP) is 3.52. The molecule has 0 saturated carbocycles. The first-order valence-electron chi connectivity index (χ1n) is 12.8. The molecule has 7 nitrogen and oxygen atoms in total. The molecule has 2 aliphatic rings. The van der Waals surface area contributed by atoms with E-state index in [0.29, 0.717) is 17.4 Å². The number of hydrogen-bond acceptors (Lipinski definition) is 4. The second-order valence-electron chi connectivity index (χ2n) is 10.5. The van der Waals surface area contributed by atoms with E-state index in [1.807, 2.05) is 40.3 Å². The van der Waals surface area contributed by atoms with E-state index in [2.05, 4.69) is 52.4 Å². The van der Waals surface area contributed by atoms with Gasteiger partial charge in [0.05, 0.1) is 12.0 Å². The summed E-state index contributed by atoms with van der Waals surface area (Å²) >= 11 is -1.26. The molecule has 0 amide bonds. The van der Waals surface area contributed by atoms with Gasteiger partial charge in [-0.25, -0.2) is 9.37 Å². The highest BCUT2D eigenvalue weighted by atomic mass is 32.2. The van der Waals surface area contributed by atoms with Gasteiger partial charge in [0.2, 0.25) is 0 Å². The lowest BCUT2D eigenvalue weighted by atomic mass is 9.87. The molecule has 204 valence electrons. The third kappa shape index (κ3) is 5.66. The van der Waals surface area contributed by atoms with Crippen molar-refractivity contribution in [1.82, 2.24) is 0 Å². The summed E-state index contributed by atoms with van der Waals surface area (Å²) in [7, 11) is 5.44. The van der Waals surface area contributed by atoms with Crippen molar-refractivity contribution in [2.75, 3.05) is 44.6 Å². The van der Waals surface area contributed by atoms with E-state index in [-0.39, 0.29) is 17.7 Å². The number of rotatable bonds is 9. The average molecular weight is 564 g/mol. The van der Waals surface area contributed by atoms with Gasteiger partial charge >= 0.3 is 11.9 Å². The Morgan fingerprint density at radius 1 is 1.03 bits per heavy atom. The molecule has 2 atom stereocenters. The molecule has 39 heavy (non-hydrogen) atoms. The Morgan fingerprint density at radius 3 is 2.38 bits per heavy atom. The number of aromatic carboxylic acids is 1. The third-order valence-corrected chi connectivity index (χ3v) is 13.7. The van der Waals surface area contributed by atoms with Crippen LogP contribution in [0.2, 0.25) is 12.6 Å². The van der Waals surface area contributed by atoms with Gasteiger partial charge in [0.25, 0.3) is 0 Å². The number of hydrogen-bond donors (Lipinski definition) is 2. The lowest BCUT2D eigenvalue weighted by Crippen LogP contribution is -2.53. The van der Waals surface area contributed by atoms with Crippen LogP contribution in [-0.4, -0.2) is 84.8 Å². The van der Waals surface area contributed by atoms with Crippen LogP contribution in [0.5, 0.6) is 0 Å². The fourth-order valence-corrected chi connectivity index (χ4v) is 11.8. The van der Waals surface area contributed by atoms with Crippen LogP contribution in [-0.2, 0) is 16.0 Å². The highest BCUT2D eigenvalue weighted by Crippen LogP contribution is 2.44. The van der Waals surface area contributed by atoms with Gasteiger partial charge in [0.1, 0.15) is 33.7 Å². The maximum Gasteiger partial charge on any atom is 0.336 e. The molecule has 2 aromatic carbocycles. The molecule has 0 saturated heterocycles. The standard InChI is InChI=1S/C30H34N2O5SSi/c1-31(2)20-10-12-24-26(18-20)39(5,17-16-38(37)15-14-28(33)34)27-19-21(32(3)4)11-13-25(27)29(24)22-8-6-7-9-23(22)30(35)36/h6-13,18-19H,14-17H2,1-5H3,(H-,33,34,35,36)/p+1. The highest BCUT2D eigenvalue weighted by molar-refractivity contribution is 7.91. The van der Waals surface area contributed by atoms with Gasteiger partial charge in [-0.1, -0.05) is 42.0 Å². The zero-order valence-corrected chi connectivity index (χ0v) is 24.8. The van der Waals surface area contributed by atoms with E-state index in [4.69, 9.17) is 5.11 Å². The Morgan fingerprint density at radius 2 is 1.74 bits per heavy atom. The number of allylic oxidation sites excluding steroid dienone is 5. The molecule has 0 fully saturated rings. The Kier molecular flexibility index (Phi) is 8.34. The number of carboxylic acids is 2. The Bertz CT molecular complexity index is 1450. The summed E-state index contributed by atoms with van der Waals surface area (Å²) in [6.45, 7) is 2.29.